The number of aromatic hydroxyl groups is 2. The summed E-state index contributed by atoms with van der Waals surface area (Å²) in [5, 5.41) is 28.8. The zero-order valence-electron chi connectivity index (χ0n) is 17.2. The maximum Gasteiger partial charge on any atom is 0.278 e. The molecular formula is C20H24N6O4. The van der Waals surface area contributed by atoms with Crippen molar-refractivity contribution >= 4 is 34.6 Å². The normalized spacial score (nSPS) is 16.0. The summed E-state index contributed by atoms with van der Waals surface area (Å²) < 4.78 is 0. The van der Waals surface area contributed by atoms with E-state index in [1.54, 1.807) is 0 Å². The van der Waals surface area contributed by atoms with Crippen molar-refractivity contribution in [1.29, 1.82) is 0 Å². The molecule has 4 N–H and O–H groups in total. The summed E-state index contributed by atoms with van der Waals surface area (Å²) in [6.45, 7) is 1.97. The summed E-state index contributed by atoms with van der Waals surface area (Å²) >= 11 is 0. The van der Waals surface area contributed by atoms with Gasteiger partial charge in [-0.05, 0) is 12.0 Å². The van der Waals surface area contributed by atoms with Crippen molar-refractivity contribution in [2.75, 3.05) is 26.5 Å². The number of Topliss-reactive ketones (excluding diaryl/α,β-unsaturated/α-hetero) is 1. The number of amidine groups is 1. The van der Waals surface area contributed by atoms with E-state index in [0.29, 0.717) is 6.42 Å². The van der Waals surface area contributed by atoms with Gasteiger partial charge in [0.15, 0.2) is 11.4 Å². The van der Waals surface area contributed by atoms with Crippen molar-refractivity contribution in [1.82, 2.24) is 14.9 Å². The molecule has 0 unspecified atom stereocenters. The van der Waals surface area contributed by atoms with E-state index in [9.17, 15) is 19.8 Å². The third-order valence-electron chi connectivity index (χ3n) is 4.66. The number of likely N-dealkylation sites (N-methyl/N-ethyl adjacent to an activating group) is 1. The molecule has 10 nitrogen and oxygen atoms in total. The second-order valence-electron chi connectivity index (χ2n) is 7.00. The van der Waals surface area contributed by atoms with E-state index >= 15 is 0 Å². The number of aromatic nitrogens is 1. The number of carbonyl (C=O) groups is 2. The van der Waals surface area contributed by atoms with E-state index < -0.39 is 17.6 Å². The number of nitrogens with one attached hydrogen (secondary N) is 2. The van der Waals surface area contributed by atoms with Crippen LogP contribution in [-0.4, -0.2) is 69.5 Å². The van der Waals surface area contributed by atoms with Gasteiger partial charge in [-0.25, -0.2) is 10.0 Å². The molecule has 1 amide bonds. The first kappa shape index (κ1) is 20.9. The van der Waals surface area contributed by atoms with Crippen LogP contribution in [0.5, 0.6) is 11.8 Å². The van der Waals surface area contributed by atoms with Gasteiger partial charge in [-0.15, -0.1) is 0 Å². The van der Waals surface area contributed by atoms with Crippen molar-refractivity contribution in [2.45, 2.75) is 19.4 Å². The Bertz CT molecular complexity index is 1030. The van der Waals surface area contributed by atoms with Crippen LogP contribution in [0, 0.1) is 0 Å². The number of carbonyl (C=O) groups excluding carboxylic acids is 2. The van der Waals surface area contributed by atoms with Gasteiger partial charge in [0.2, 0.25) is 17.6 Å². The molecule has 3 rings (SSSR count). The number of anilines is 1. The van der Waals surface area contributed by atoms with Crippen LogP contribution >= 0.6 is 0 Å². The molecule has 0 aliphatic carbocycles. The molecule has 0 bridgehead atoms. The number of hydrogen-bond acceptors (Lipinski definition) is 7. The maximum absolute atomic E-state index is 12.7. The molecule has 0 spiro atoms. The van der Waals surface area contributed by atoms with Gasteiger partial charge in [0.1, 0.15) is 5.69 Å². The SMILES string of the molecule is CC[C@@H](Nc1c(O)[nH]c(O)c1N=C1C(=O)C(C(=O)N(C)C)=NN1C)c1ccccc1. The average Bonchev–Trinajstić information content (AvgIpc) is 3.15. The highest BCUT2D eigenvalue weighted by Gasteiger charge is 2.36. The summed E-state index contributed by atoms with van der Waals surface area (Å²) in [6.07, 6.45) is 0.689. The van der Waals surface area contributed by atoms with Crippen LogP contribution in [0.4, 0.5) is 11.4 Å². The number of nitrogens with zero attached hydrogens (tertiary/aromatic N) is 4. The summed E-state index contributed by atoms with van der Waals surface area (Å²) in [5.74, 6) is -2.10. The molecule has 1 atom stereocenters. The lowest BCUT2D eigenvalue weighted by Gasteiger charge is -2.18. The molecule has 0 radical (unpaired) electrons. The minimum absolute atomic E-state index is 0.0502. The monoisotopic (exact) mass is 412 g/mol. The molecule has 1 aromatic heterocycles. The van der Waals surface area contributed by atoms with E-state index in [1.807, 2.05) is 37.3 Å². The van der Waals surface area contributed by atoms with Crippen molar-refractivity contribution in [3.05, 3.63) is 35.9 Å². The molecule has 158 valence electrons. The van der Waals surface area contributed by atoms with E-state index in [0.717, 1.165) is 5.56 Å². The Hall–Kier alpha value is -3.82. The van der Waals surface area contributed by atoms with Crippen LogP contribution in [0.2, 0.25) is 0 Å². The number of benzene rings is 1. The molecule has 0 fully saturated rings. The largest absolute Gasteiger partial charge is 0.493 e. The smallest absolute Gasteiger partial charge is 0.278 e. The van der Waals surface area contributed by atoms with Crippen LogP contribution in [0.15, 0.2) is 40.4 Å². The van der Waals surface area contributed by atoms with Gasteiger partial charge < -0.3 is 20.4 Å². The highest BCUT2D eigenvalue weighted by molar-refractivity contribution is 6.81. The van der Waals surface area contributed by atoms with Gasteiger partial charge >= 0.3 is 0 Å². The van der Waals surface area contributed by atoms with Crippen molar-refractivity contribution < 1.29 is 19.8 Å². The van der Waals surface area contributed by atoms with Crippen LogP contribution in [-0.2, 0) is 9.59 Å². The number of rotatable bonds is 6. The molecule has 2 heterocycles. The van der Waals surface area contributed by atoms with Gasteiger partial charge in [-0.1, -0.05) is 37.3 Å². The number of hydrazone groups is 1. The van der Waals surface area contributed by atoms with Gasteiger partial charge in [-0.3, -0.25) is 14.6 Å². The molecule has 1 aliphatic heterocycles. The zero-order valence-corrected chi connectivity index (χ0v) is 17.2. The highest BCUT2D eigenvalue weighted by atomic mass is 16.3. The molecule has 2 aromatic rings. The van der Waals surface area contributed by atoms with E-state index in [4.69, 9.17) is 0 Å². The van der Waals surface area contributed by atoms with Gasteiger partial charge in [0, 0.05) is 21.1 Å². The first-order valence-electron chi connectivity index (χ1n) is 9.37. The average molecular weight is 412 g/mol. The Labute approximate surface area is 173 Å². The minimum Gasteiger partial charge on any atom is -0.493 e. The molecule has 30 heavy (non-hydrogen) atoms. The fraction of sp³-hybridized carbons (Fsp3) is 0.300. The molecule has 1 aliphatic rings. The predicted octanol–water partition coefficient (Wildman–Crippen LogP) is 1.98. The summed E-state index contributed by atoms with van der Waals surface area (Å²) in [4.78, 5) is 32.7. The molecular weight excluding hydrogens is 388 g/mol. The Morgan fingerprint density at radius 3 is 2.53 bits per heavy atom. The lowest BCUT2D eigenvalue weighted by molar-refractivity contribution is -0.122. The lowest BCUT2D eigenvalue weighted by Crippen LogP contribution is -2.35. The number of amides is 1. The van der Waals surface area contributed by atoms with Crippen LogP contribution in [0.3, 0.4) is 0 Å². The molecule has 10 heteroatoms. The third kappa shape index (κ3) is 3.84. The summed E-state index contributed by atoms with van der Waals surface area (Å²) in [7, 11) is 4.50. The van der Waals surface area contributed by atoms with Gasteiger partial charge in [0.25, 0.3) is 11.7 Å². The van der Waals surface area contributed by atoms with Crippen molar-refractivity contribution in [2.24, 2.45) is 10.1 Å². The number of hydrogen-bond donors (Lipinski definition) is 4. The number of ketones is 1. The Morgan fingerprint density at radius 1 is 1.27 bits per heavy atom. The quantitative estimate of drug-likeness (QED) is 0.573. The summed E-state index contributed by atoms with van der Waals surface area (Å²) in [5.41, 5.74) is 0.802. The molecule has 0 saturated heterocycles. The minimum atomic E-state index is -0.669. The topological polar surface area (TPSA) is 134 Å². The number of aliphatic imine (C=N–C) groups is 1. The lowest BCUT2D eigenvalue weighted by atomic mass is 10.0. The van der Waals surface area contributed by atoms with E-state index in [2.05, 4.69) is 20.4 Å². The van der Waals surface area contributed by atoms with Crippen LogP contribution in [0.25, 0.3) is 0 Å². The third-order valence-corrected chi connectivity index (χ3v) is 4.66. The Kier molecular flexibility index (Phi) is 5.77. The Morgan fingerprint density at radius 2 is 1.93 bits per heavy atom. The molecule has 1 aromatic carbocycles. The second kappa shape index (κ2) is 8.27. The van der Waals surface area contributed by atoms with Crippen LogP contribution in [0.1, 0.15) is 24.9 Å². The number of aromatic amines is 1. The van der Waals surface area contributed by atoms with Gasteiger partial charge in [-0.2, -0.15) is 5.10 Å². The van der Waals surface area contributed by atoms with Gasteiger partial charge in [0.05, 0.1) is 6.04 Å². The maximum atomic E-state index is 12.7. The fourth-order valence-electron chi connectivity index (χ4n) is 3.07. The fourth-order valence-corrected chi connectivity index (χ4v) is 3.07. The predicted molar refractivity (Wildman–Crippen MR) is 113 cm³/mol. The van der Waals surface area contributed by atoms with Crippen LogP contribution < -0.4 is 5.32 Å². The Balaban J connectivity index is 1.97. The summed E-state index contributed by atoms with van der Waals surface area (Å²) in [6, 6.07) is 9.42. The first-order valence-corrected chi connectivity index (χ1v) is 9.37. The standard InChI is InChI=1S/C20H24N6O4/c1-5-12(11-9-7-6-8-10-11)21-13-14(19(29)23-18(13)28)22-17-16(27)15(24-26(17)4)20(30)25(2)3/h6-10,12,21,23,28-29H,5H2,1-4H3/t12-/m1/s1. The first-order chi connectivity index (χ1) is 14.2. The molecule has 0 saturated carbocycles. The van der Waals surface area contributed by atoms with E-state index in [-0.39, 0.29) is 34.8 Å². The van der Waals surface area contributed by atoms with Crippen molar-refractivity contribution in [3.8, 4) is 11.8 Å². The van der Waals surface area contributed by atoms with Crippen molar-refractivity contribution in [3.63, 3.8) is 0 Å². The van der Waals surface area contributed by atoms with E-state index in [1.165, 1.54) is 31.1 Å². The second-order valence-corrected chi connectivity index (χ2v) is 7.00. The zero-order chi connectivity index (χ0) is 22.0. The highest BCUT2D eigenvalue weighted by Crippen LogP contribution is 2.44. The number of H-pyrrole nitrogens is 1.